The predicted octanol–water partition coefficient (Wildman–Crippen LogP) is -11.9. The molecule has 5 heterocycles. The number of aliphatic hydroxyl groups excluding tert-OH is 17. The van der Waals surface area contributed by atoms with Crippen molar-refractivity contribution in [1.29, 1.82) is 0 Å². The summed E-state index contributed by atoms with van der Waals surface area (Å²) in [5, 5.41) is 173. The summed E-state index contributed by atoms with van der Waals surface area (Å²) in [6.07, 6.45) is -44.0. The molecule has 26 heteroatoms. The van der Waals surface area contributed by atoms with Gasteiger partial charge in [0.25, 0.3) is 0 Å². The van der Waals surface area contributed by atoms with Crippen molar-refractivity contribution < 1.29 is 129 Å². The molecule has 17 N–H and O–H groups in total. The predicted molar refractivity (Wildman–Crippen MR) is 167 cm³/mol. The van der Waals surface area contributed by atoms with Gasteiger partial charge in [0.1, 0.15) is 122 Å². The Bertz CT molecular complexity index is 1210. The zero-order chi connectivity index (χ0) is 41.3. The van der Waals surface area contributed by atoms with Crippen LogP contribution in [-0.4, -0.2) is 273 Å². The van der Waals surface area contributed by atoms with Gasteiger partial charge in [0.2, 0.25) is 0 Å². The number of hydrogen-bond acceptors (Lipinski definition) is 26. The minimum Gasteiger partial charge on any atom is -0.394 e. The minimum atomic E-state index is -1.96. The van der Waals surface area contributed by atoms with E-state index in [0.717, 1.165) is 0 Å². The van der Waals surface area contributed by atoms with E-state index in [1.165, 1.54) is 0 Å². The van der Waals surface area contributed by atoms with E-state index < -0.39 is 187 Å². The third kappa shape index (κ3) is 9.77. The Balaban J connectivity index is 1.15. The van der Waals surface area contributed by atoms with Gasteiger partial charge in [-0.15, -0.1) is 0 Å². The van der Waals surface area contributed by atoms with Gasteiger partial charge in [-0.25, -0.2) is 0 Å². The third-order valence-electron chi connectivity index (χ3n) is 10.2. The van der Waals surface area contributed by atoms with E-state index in [1.807, 2.05) is 0 Å². The van der Waals surface area contributed by atoms with Gasteiger partial charge < -0.3 is 129 Å². The first-order valence-corrected chi connectivity index (χ1v) is 17.6. The Labute approximate surface area is 316 Å². The average Bonchev–Trinajstić information content (AvgIpc) is 3.18. The highest BCUT2D eigenvalue weighted by Crippen LogP contribution is 2.30. The molecule has 5 fully saturated rings. The number of rotatable bonds is 13. The van der Waals surface area contributed by atoms with Gasteiger partial charge in [-0.2, -0.15) is 0 Å². The molecule has 5 aliphatic rings. The molecule has 0 spiro atoms. The van der Waals surface area contributed by atoms with Gasteiger partial charge in [-0.05, 0) is 0 Å². The molecule has 5 saturated heterocycles. The largest absolute Gasteiger partial charge is 0.394 e. The molecule has 0 saturated carbocycles. The quantitative estimate of drug-likeness (QED) is 0.0819. The fourth-order valence-electron chi connectivity index (χ4n) is 6.61. The van der Waals surface area contributed by atoms with Gasteiger partial charge in [-0.1, -0.05) is 0 Å². The third-order valence-corrected chi connectivity index (χ3v) is 10.2. The van der Waals surface area contributed by atoms with E-state index in [4.69, 9.17) is 42.6 Å². The highest BCUT2D eigenvalue weighted by Gasteiger charge is 2.51. The van der Waals surface area contributed by atoms with Crippen LogP contribution in [0.1, 0.15) is 0 Å². The Morgan fingerprint density at radius 3 is 0.786 bits per heavy atom. The first-order chi connectivity index (χ1) is 26.4. The zero-order valence-corrected chi connectivity index (χ0v) is 29.2. The average molecular weight is 829 g/mol. The molecule has 0 aromatic heterocycles. The summed E-state index contributed by atoms with van der Waals surface area (Å²) in [5.74, 6) is 0. The lowest BCUT2D eigenvalue weighted by Gasteiger charge is -2.44. The normalized spacial score (nSPS) is 53.2. The first kappa shape index (κ1) is 46.0. The molecule has 0 aromatic carbocycles. The summed E-state index contributed by atoms with van der Waals surface area (Å²) in [4.78, 5) is 0. The Morgan fingerprint density at radius 2 is 0.500 bits per heavy atom. The van der Waals surface area contributed by atoms with Crippen LogP contribution in [0.25, 0.3) is 0 Å². The van der Waals surface area contributed by atoms with E-state index in [2.05, 4.69) is 0 Å². The van der Waals surface area contributed by atoms with Crippen molar-refractivity contribution in [2.24, 2.45) is 0 Å². The van der Waals surface area contributed by atoms with E-state index in [0.29, 0.717) is 0 Å². The topological polar surface area (TPSA) is 427 Å². The van der Waals surface area contributed by atoms with Crippen LogP contribution in [0.4, 0.5) is 0 Å². The van der Waals surface area contributed by atoms with Crippen LogP contribution in [0, 0.1) is 0 Å². The van der Waals surface area contributed by atoms with Crippen LogP contribution in [0.2, 0.25) is 0 Å². The van der Waals surface area contributed by atoms with Crippen molar-refractivity contribution >= 4 is 0 Å². The summed E-state index contributed by atoms with van der Waals surface area (Å²) in [6.45, 7) is -3.57. The summed E-state index contributed by atoms with van der Waals surface area (Å²) in [5.41, 5.74) is 0. The molecule has 56 heavy (non-hydrogen) atoms. The lowest BCUT2D eigenvalue weighted by Crippen LogP contribution is -2.63. The van der Waals surface area contributed by atoms with E-state index >= 15 is 0 Å². The fourth-order valence-corrected chi connectivity index (χ4v) is 6.61. The van der Waals surface area contributed by atoms with Gasteiger partial charge >= 0.3 is 0 Å². The SMILES string of the molecule is OC[C@H]1O[C@H](OC[C@H]2O[C@H](OC[C@H]3O[C@H](OC[C@H]4O[C@H](OC[C@H]5OC(O)[C@@H](O)[C@@H](O)[C@@H]5O)[C@@H](O)[C@@H](O)[C@@H]4O)[C@@H](O)[C@@H](O)[C@@H]3O)[C@@H](O)[C@@H](O)[C@@H]2O)[C@@H](O)[C@@H](O)[C@@H]1O. The molecule has 328 valence electrons. The lowest BCUT2D eigenvalue weighted by molar-refractivity contribution is -0.350. The fraction of sp³-hybridized carbons (Fsp3) is 1.00. The van der Waals surface area contributed by atoms with Gasteiger partial charge in [0, 0.05) is 0 Å². The Hall–Kier alpha value is -1.04. The standard InChI is InChI=1S/C30H52O26/c31-1-6-11(32)17(38)22(43)27(53-6)49-3-8-13(34)19(40)24(45)29(55-8)51-5-10-15(36)20(41)25(46)30(56-10)50-4-9-14(35)18(39)23(44)28(54-9)48-2-7-12(33)16(37)21(42)26(47)52-7/h6-47H,1-5H2/t6-,7-,8-,9-,10-,11-,12-,13-,14-,15-,16+,17+,18+,19+,20+,21+,22+,23+,24+,25+,26?,27+,28+,29+,30+/m1/s1. The van der Waals surface area contributed by atoms with Crippen molar-refractivity contribution in [3.8, 4) is 0 Å². The zero-order valence-electron chi connectivity index (χ0n) is 29.2. The highest BCUT2D eigenvalue weighted by molar-refractivity contribution is 4.95. The maximum absolute atomic E-state index is 10.6. The Morgan fingerprint density at radius 1 is 0.268 bits per heavy atom. The second kappa shape index (κ2) is 19.6. The van der Waals surface area contributed by atoms with Crippen molar-refractivity contribution in [1.82, 2.24) is 0 Å². The molecule has 0 aromatic rings. The molecule has 5 rings (SSSR count). The monoisotopic (exact) mass is 828 g/mol. The molecule has 5 aliphatic heterocycles. The molecule has 0 bridgehead atoms. The minimum absolute atomic E-state index is 0.669. The summed E-state index contributed by atoms with van der Waals surface area (Å²) in [6, 6.07) is 0. The van der Waals surface area contributed by atoms with E-state index in [9.17, 15) is 86.8 Å². The van der Waals surface area contributed by atoms with Crippen molar-refractivity contribution in [3.05, 3.63) is 0 Å². The molecule has 26 nitrogen and oxygen atoms in total. The number of aliphatic hydroxyl groups is 17. The maximum atomic E-state index is 10.6. The summed E-state index contributed by atoms with van der Waals surface area (Å²) >= 11 is 0. The first-order valence-electron chi connectivity index (χ1n) is 17.6. The Kier molecular flexibility index (Phi) is 16.1. The van der Waals surface area contributed by atoms with Gasteiger partial charge in [0.05, 0.1) is 33.0 Å². The van der Waals surface area contributed by atoms with Crippen LogP contribution in [0.3, 0.4) is 0 Å². The van der Waals surface area contributed by atoms with Gasteiger partial charge in [0.15, 0.2) is 31.5 Å². The van der Waals surface area contributed by atoms with Crippen molar-refractivity contribution in [2.75, 3.05) is 33.0 Å². The number of ether oxygens (including phenoxy) is 9. The van der Waals surface area contributed by atoms with Gasteiger partial charge in [-0.3, -0.25) is 0 Å². The summed E-state index contributed by atoms with van der Waals surface area (Å²) < 4.78 is 48.5. The highest BCUT2D eigenvalue weighted by atomic mass is 16.8. The van der Waals surface area contributed by atoms with Crippen LogP contribution in [0.5, 0.6) is 0 Å². The lowest BCUT2D eigenvalue weighted by atomic mass is 9.97. The van der Waals surface area contributed by atoms with Crippen LogP contribution < -0.4 is 0 Å². The van der Waals surface area contributed by atoms with E-state index in [-0.39, 0.29) is 0 Å². The molecule has 0 radical (unpaired) electrons. The van der Waals surface area contributed by atoms with Crippen molar-refractivity contribution in [3.63, 3.8) is 0 Å². The van der Waals surface area contributed by atoms with Crippen LogP contribution in [0.15, 0.2) is 0 Å². The second-order valence-corrected chi connectivity index (χ2v) is 14.1. The van der Waals surface area contributed by atoms with E-state index in [1.54, 1.807) is 0 Å². The van der Waals surface area contributed by atoms with Crippen molar-refractivity contribution in [2.45, 2.75) is 154 Å². The van der Waals surface area contributed by atoms with Crippen LogP contribution >= 0.6 is 0 Å². The molecule has 0 aliphatic carbocycles. The molecular formula is C30H52O26. The molecular weight excluding hydrogens is 776 g/mol. The number of hydrogen-bond donors (Lipinski definition) is 17. The summed E-state index contributed by atoms with van der Waals surface area (Å²) in [7, 11) is 0. The molecule has 1 unspecified atom stereocenters. The molecule has 25 atom stereocenters. The second-order valence-electron chi connectivity index (χ2n) is 14.1. The molecule has 0 amide bonds. The smallest absolute Gasteiger partial charge is 0.186 e. The van der Waals surface area contributed by atoms with Crippen LogP contribution in [-0.2, 0) is 42.6 Å². The maximum Gasteiger partial charge on any atom is 0.186 e.